The summed E-state index contributed by atoms with van der Waals surface area (Å²) in [5.41, 5.74) is 4.19. The van der Waals surface area contributed by atoms with Crippen LogP contribution in [0.15, 0.2) is 55.0 Å². The van der Waals surface area contributed by atoms with E-state index in [1.165, 1.54) is 37.7 Å². The zero-order valence-corrected chi connectivity index (χ0v) is 28.1. The van der Waals surface area contributed by atoms with Crippen LogP contribution in [0.5, 0.6) is 0 Å². The van der Waals surface area contributed by atoms with Gasteiger partial charge in [-0.3, -0.25) is 4.68 Å². The molecule has 0 bridgehead atoms. The van der Waals surface area contributed by atoms with Gasteiger partial charge in [-0.1, -0.05) is 56.5 Å². The van der Waals surface area contributed by atoms with Gasteiger partial charge < -0.3 is 34.7 Å². The lowest BCUT2D eigenvalue weighted by Crippen LogP contribution is -2.33. The highest BCUT2D eigenvalue weighted by Gasteiger charge is 2.33. The normalized spacial score (nSPS) is 20.4. The molecular formula is C36H52N8O3. The van der Waals surface area contributed by atoms with Gasteiger partial charge in [-0.2, -0.15) is 10.1 Å². The van der Waals surface area contributed by atoms with E-state index in [4.69, 9.17) is 24.2 Å². The second-order valence-electron chi connectivity index (χ2n) is 12.9. The molecule has 1 saturated heterocycles. The molecule has 1 aliphatic heterocycles. The number of methoxy groups -OCH3 is 1. The van der Waals surface area contributed by atoms with Crippen molar-refractivity contribution >= 4 is 28.5 Å². The molecule has 2 aliphatic carbocycles. The number of benzene rings is 1. The third-order valence-corrected chi connectivity index (χ3v) is 9.46. The lowest BCUT2D eigenvalue weighted by Gasteiger charge is -2.37. The number of nitrogens with one attached hydrogen (secondary N) is 3. The van der Waals surface area contributed by atoms with Gasteiger partial charge in [0, 0.05) is 51.3 Å². The van der Waals surface area contributed by atoms with Crippen molar-refractivity contribution in [2.75, 3.05) is 50.7 Å². The van der Waals surface area contributed by atoms with Gasteiger partial charge in [0.25, 0.3) is 0 Å². The number of fused-ring (bicyclic) bond motifs is 1. The van der Waals surface area contributed by atoms with Gasteiger partial charge in [-0.25, -0.2) is 4.98 Å². The first-order valence-corrected chi connectivity index (χ1v) is 17.6. The Morgan fingerprint density at radius 2 is 1.77 bits per heavy atom. The predicted molar refractivity (Wildman–Crippen MR) is 186 cm³/mol. The third-order valence-electron chi connectivity index (χ3n) is 9.46. The van der Waals surface area contributed by atoms with Gasteiger partial charge in [0.2, 0.25) is 5.95 Å². The number of rotatable bonds is 13. The van der Waals surface area contributed by atoms with Gasteiger partial charge in [-0.15, -0.1) is 0 Å². The summed E-state index contributed by atoms with van der Waals surface area (Å²) in [6.07, 6.45) is 16.6. The molecule has 7 rings (SSSR count). The standard InChI is InChI=1S/C31H39N7O2.C5H13NO/c1-3-7-22(8-4-1)21-40-27-17-26(18-27)37-14-11-28-29(37)30(33-23-9-5-2-6-10-23)36-31(35-28)34-24-19-32-38(20-24)25-12-15-39-16-13-25;1-3-6-4-5-7-2/h1,3-4,7-8,11,14,19-20,23,25-27H,2,5-6,9-10,12-13,15-18,21H2,(H2,33,34,35,36);6H,3-5H2,1-2H3. The van der Waals surface area contributed by atoms with Gasteiger partial charge in [0.05, 0.1) is 42.8 Å². The van der Waals surface area contributed by atoms with Crippen molar-refractivity contribution in [3.8, 4) is 0 Å². The fourth-order valence-electron chi connectivity index (χ4n) is 6.69. The number of nitrogens with zero attached hydrogens (tertiary/aromatic N) is 5. The summed E-state index contributed by atoms with van der Waals surface area (Å²) < 4.78 is 20.9. The van der Waals surface area contributed by atoms with Crippen LogP contribution in [0.1, 0.15) is 82.4 Å². The summed E-state index contributed by atoms with van der Waals surface area (Å²) in [5.74, 6) is 1.53. The average Bonchev–Trinajstić information content (AvgIpc) is 3.74. The van der Waals surface area contributed by atoms with E-state index in [0.717, 1.165) is 81.1 Å². The highest BCUT2D eigenvalue weighted by molar-refractivity contribution is 5.88. The first-order chi connectivity index (χ1) is 23.2. The minimum absolute atomic E-state index is 0.284. The van der Waals surface area contributed by atoms with Crippen LogP contribution in [0.25, 0.3) is 11.0 Å². The molecule has 4 aromatic rings. The minimum Gasteiger partial charge on any atom is -0.383 e. The molecule has 3 aliphatic rings. The fourth-order valence-corrected chi connectivity index (χ4v) is 6.69. The summed E-state index contributed by atoms with van der Waals surface area (Å²) in [6.45, 7) is 7.14. The van der Waals surface area contributed by atoms with Gasteiger partial charge in [-0.05, 0) is 56.7 Å². The molecule has 0 unspecified atom stereocenters. The summed E-state index contributed by atoms with van der Waals surface area (Å²) in [7, 11) is 1.71. The summed E-state index contributed by atoms with van der Waals surface area (Å²) >= 11 is 0. The Morgan fingerprint density at radius 3 is 2.53 bits per heavy atom. The van der Waals surface area contributed by atoms with Crippen LogP contribution in [0.2, 0.25) is 0 Å². The van der Waals surface area contributed by atoms with Crippen molar-refractivity contribution in [1.29, 1.82) is 0 Å². The van der Waals surface area contributed by atoms with Crippen molar-refractivity contribution in [3.63, 3.8) is 0 Å². The van der Waals surface area contributed by atoms with Crippen LogP contribution in [0.3, 0.4) is 0 Å². The average molecular weight is 645 g/mol. The number of ether oxygens (including phenoxy) is 3. The van der Waals surface area contributed by atoms with E-state index < -0.39 is 0 Å². The molecule has 0 atom stereocenters. The Morgan fingerprint density at radius 1 is 0.957 bits per heavy atom. The van der Waals surface area contributed by atoms with E-state index in [9.17, 15) is 0 Å². The summed E-state index contributed by atoms with van der Waals surface area (Å²) in [5, 5.41) is 15.0. The fraction of sp³-hybridized carbons (Fsp3) is 0.583. The SMILES string of the molecule is CCNCCOC.c1ccc(COC2CC(n3ccc4nc(Nc5cnn(C6CCOCC6)c5)nc(NC5CCCCC5)c43)C2)cc1. The van der Waals surface area contributed by atoms with Crippen LogP contribution in [0, 0.1) is 0 Å². The Bertz CT molecular complexity index is 1490. The predicted octanol–water partition coefficient (Wildman–Crippen LogP) is 6.63. The highest BCUT2D eigenvalue weighted by Crippen LogP contribution is 2.39. The number of anilines is 3. The maximum absolute atomic E-state index is 6.20. The quantitative estimate of drug-likeness (QED) is 0.138. The Hall–Kier alpha value is -3.51. The van der Waals surface area contributed by atoms with E-state index in [0.29, 0.717) is 30.7 Å². The zero-order valence-electron chi connectivity index (χ0n) is 28.1. The van der Waals surface area contributed by atoms with E-state index in [-0.39, 0.29) is 6.10 Å². The molecule has 3 fully saturated rings. The van der Waals surface area contributed by atoms with Crippen molar-refractivity contribution in [1.82, 2.24) is 29.6 Å². The van der Waals surface area contributed by atoms with E-state index >= 15 is 0 Å². The molecule has 0 radical (unpaired) electrons. The molecule has 0 spiro atoms. The Balaban J connectivity index is 0.000000499. The largest absolute Gasteiger partial charge is 0.383 e. The molecule has 1 aromatic carbocycles. The van der Waals surface area contributed by atoms with E-state index in [2.05, 4.69) is 75.3 Å². The molecule has 2 saturated carbocycles. The molecule has 4 heterocycles. The first-order valence-electron chi connectivity index (χ1n) is 17.6. The van der Waals surface area contributed by atoms with Crippen molar-refractivity contribution in [2.24, 2.45) is 0 Å². The van der Waals surface area contributed by atoms with Crippen LogP contribution < -0.4 is 16.0 Å². The van der Waals surface area contributed by atoms with Crippen molar-refractivity contribution in [3.05, 3.63) is 60.6 Å². The lowest BCUT2D eigenvalue weighted by atomic mass is 9.89. The highest BCUT2D eigenvalue weighted by atomic mass is 16.5. The summed E-state index contributed by atoms with van der Waals surface area (Å²) in [4.78, 5) is 9.97. The van der Waals surface area contributed by atoms with E-state index in [1.807, 2.05) is 16.9 Å². The Kier molecular flexibility index (Phi) is 12.1. The number of aromatic nitrogens is 5. The molecule has 3 aromatic heterocycles. The molecular weight excluding hydrogens is 592 g/mol. The van der Waals surface area contributed by atoms with Crippen LogP contribution in [0.4, 0.5) is 17.5 Å². The smallest absolute Gasteiger partial charge is 0.229 e. The zero-order chi connectivity index (χ0) is 32.3. The second-order valence-corrected chi connectivity index (χ2v) is 12.9. The molecule has 11 nitrogen and oxygen atoms in total. The van der Waals surface area contributed by atoms with Crippen LogP contribution in [-0.2, 0) is 20.8 Å². The van der Waals surface area contributed by atoms with Crippen molar-refractivity contribution in [2.45, 2.75) is 95.5 Å². The van der Waals surface area contributed by atoms with Crippen LogP contribution in [-0.4, -0.2) is 76.5 Å². The first kappa shape index (κ1) is 33.4. The molecule has 3 N–H and O–H groups in total. The number of likely N-dealkylation sites (N-methyl/N-ethyl adjacent to an activating group) is 1. The van der Waals surface area contributed by atoms with Crippen LogP contribution >= 0.6 is 0 Å². The van der Waals surface area contributed by atoms with Gasteiger partial charge >= 0.3 is 0 Å². The minimum atomic E-state index is 0.284. The third kappa shape index (κ3) is 9.10. The lowest BCUT2D eigenvalue weighted by molar-refractivity contribution is -0.0347. The molecule has 11 heteroatoms. The maximum Gasteiger partial charge on any atom is 0.229 e. The van der Waals surface area contributed by atoms with Gasteiger partial charge in [0.1, 0.15) is 5.52 Å². The maximum atomic E-state index is 6.20. The molecule has 254 valence electrons. The topological polar surface area (TPSA) is 112 Å². The van der Waals surface area contributed by atoms with Gasteiger partial charge in [0.15, 0.2) is 5.82 Å². The number of hydrogen-bond donors (Lipinski definition) is 3. The Labute approximate surface area is 278 Å². The summed E-state index contributed by atoms with van der Waals surface area (Å²) in [6, 6.07) is 13.8. The monoisotopic (exact) mass is 644 g/mol. The molecule has 47 heavy (non-hydrogen) atoms. The number of hydrogen-bond acceptors (Lipinski definition) is 9. The van der Waals surface area contributed by atoms with E-state index in [1.54, 1.807) is 7.11 Å². The van der Waals surface area contributed by atoms with Crippen molar-refractivity contribution < 1.29 is 14.2 Å². The molecule has 0 amide bonds. The second kappa shape index (κ2) is 17.1.